The molecule has 0 radical (unpaired) electrons. The van der Waals surface area contributed by atoms with Crippen LogP contribution in [0.1, 0.15) is 57.8 Å². The van der Waals surface area contributed by atoms with E-state index in [4.69, 9.17) is 0 Å². The zero-order valence-electron chi connectivity index (χ0n) is 13.2. The standard InChI is InChI=1S/C18H30N2O/c21-17(20-6-2-1-3-7-20)4-5-19-18-15-9-13-8-14(11-15)12-16(18)10-13/h13-16,18-19H,1-12H2. The first-order valence-electron chi connectivity index (χ1n) is 9.31. The third-order valence-corrected chi connectivity index (χ3v) is 6.65. The predicted molar refractivity (Wildman–Crippen MR) is 83.9 cm³/mol. The number of hydrogen-bond donors (Lipinski definition) is 1. The van der Waals surface area contributed by atoms with Crippen molar-refractivity contribution in [2.24, 2.45) is 23.7 Å². The van der Waals surface area contributed by atoms with E-state index in [2.05, 4.69) is 10.2 Å². The van der Waals surface area contributed by atoms with E-state index in [1.54, 1.807) is 0 Å². The summed E-state index contributed by atoms with van der Waals surface area (Å²) in [5, 5.41) is 3.79. The fourth-order valence-electron chi connectivity index (χ4n) is 5.91. The number of carbonyl (C=O) groups excluding carboxylic acids is 1. The van der Waals surface area contributed by atoms with Gasteiger partial charge in [-0.05, 0) is 75.0 Å². The second-order valence-electron chi connectivity index (χ2n) is 8.10. The molecule has 1 saturated heterocycles. The van der Waals surface area contributed by atoms with Crippen molar-refractivity contribution in [2.75, 3.05) is 19.6 Å². The highest BCUT2D eigenvalue weighted by atomic mass is 16.2. The van der Waals surface area contributed by atoms with Crippen molar-refractivity contribution in [3.8, 4) is 0 Å². The fraction of sp³-hybridized carbons (Fsp3) is 0.944. The van der Waals surface area contributed by atoms with E-state index in [9.17, 15) is 4.79 Å². The van der Waals surface area contributed by atoms with Gasteiger partial charge in [0.05, 0.1) is 0 Å². The minimum atomic E-state index is 0.381. The third kappa shape index (κ3) is 2.86. The van der Waals surface area contributed by atoms with Gasteiger partial charge in [0.2, 0.25) is 5.91 Å². The van der Waals surface area contributed by atoms with Crippen LogP contribution >= 0.6 is 0 Å². The van der Waals surface area contributed by atoms with Gasteiger partial charge in [-0.3, -0.25) is 4.79 Å². The van der Waals surface area contributed by atoms with Gasteiger partial charge >= 0.3 is 0 Å². The SMILES string of the molecule is O=C(CCNC1C2CC3CC(C2)CC1C3)N1CCCCC1. The number of piperidine rings is 1. The van der Waals surface area contributed by atoms with Gasteiger partial charge in [-0.15, -0.1) is 0 Å². The van der Waals surface area contributed by atoms with Crippen molar-refractivity contribution in [1.82, 2.24) is 10.2 Å². The Morgan fingerprint density at radius 3 is 2.14 bits per heavy atom. The van der Waals surface area contributed by atoms with Crippen LogP contribution in [0.3, 0.4) is 0 Å². The average molecular weight is 290 g/mol. The first-order valence-corrected chi connectivity index (χ1v) is 9.31. The largest absolute Gasteiger partial charge is 0.343 e. The van der Waals surface area contributed by atoms with Gasteiger partial charge in [-0.1, -0.05) is 0 Å². The lowest BCUT2D eigenvalue weighted by Crippen LogP contribution is -2.54. The van der Waals surface area contributed by atoms with Gasteiger partial charge in [0.15, 0.2) is 0 Å². The zero-order valence-corrected chi connectivity index (χ0v) is 13.2. The Bertz CT molecular complexity index is 361. The normalized spacial score (nSPS) is 41.5. The summed E-state index contributed by atoms with van der Waals surface area (Å²) >= 11 is 0. The smallest absolute Gasteiger partial charge is 0.223 e. The Morgan fingerprint density at radius 2 is 1.52 bits per heavy atom. The summed E-state index contributed by atoms with van der Waals surface area (Å²) in [5.41, 5.74) is 0. The number of rotatable bonds is 4. The molecule has 1 heterocycles. The van der Waals surface area contributed by atoms with Crippen molar-refractivity contribution in [3.05, 3.63) is 0 Å². The topological polar surface area (TPSA) is 32.3 Å². The number of carbonyl (C=O) groups is 1. The quantitative estimate of drug-likeness (QED) is 0.863. The molecule has 0 aromatic heterocycles. The lowest BCUT2D eigenvalue weighted by molar-refractivity contribution is -0.132. The van der Waals surface area contributed by atoms with Crippen LogP contribution in [0.5, 0.6) is 0 Å². The second-order valence-corrected chi connectivity index (χ2v) is 8.10. The molecule has 0 atom stereocenters. The Balaban J connectivity index is 1.24. The maximum Gasteiger partial charge on any atom is 0.223 e. The summed E-state index contributed by atoms with van der Waals surface area (Å²) in [7, 11) is 0. The Kier molecular flexibility index (Phi) is 3.95. The van der Waals surface area contributed by atoms with Crippen LogP contribution in [0, 0.1) is 23.7 Å². The van der Waals surface area contributed by atoms with Crippen LogP contribution in [-0.2, 0) is 4.79 Å². The van der Waals surface area contributed by atoms with E-state index in [1.165, 1.54) is 51.4 Å². The molecular weight excluding hydrogens is 260 g/mol. The minimum absolute atomic E-state index is 0.381. The third-order valence-electron chi connectivity index (χ3n) is 6.65. The lowest BCUT2D eigenvalue weighted by atomic mass is 9.54. The minimum Gasteiger partial charge on any atom is -0.343 e. The molecule has 1 aliphatic heterocycles. The van der Waals surface area contributed by atoms with E-state index in [1.807, 2.05) is 0 Å². The average Bonchev–Trinajstić information content (AvgIpc) is 2.50. The highest BCUT2D eigenvalue weighted by Crippen LogP contribution is 2.53. The maximum absolute atomic E-state index is 12.2. The first-order chi connectivity index (χ1) is 10.3. The van der Waals surface area contributed by atoms with Crippen LogP contribution < -0.4 is 5.32 Å². The molecule has 3 nitrogen and oxygen atoms in total. The summed E-state index contributed by atoms with van der Waals surface area (Å²) < 4.78 is 0. The molecule has 1 N–H and O–H groups in total. The van der Waals surface area contributed by atoms with E-state index in [0.717, 1.165) is 49.3 Å². The Hall–Kier alpha value is -0.570. The molecule has 5 rings (SSSR count). The van der Waals surface area contributed by atoms with Gasteiger partial charge in [0.25, 0.3) is 0 Å². The fourth-order valence-corrected chi connectivity index (χ4v) is 5.91. The molecule has 4 aliphatic carbocycles. The molecule has 0 aromatic carbocycles. The van der Waals surface area contributed by atoms with Gasteiger partial charge in [-0.25, -0.2) is 0 Å². The molecule has 4 bridgehead atoms. The molecule has 4 saturated carbocycles. The molecule has 3 heteroatoms. The van der Waals surface area contributed by atoms with Crippen LogP contribution in [0.25, 0.3) is 0 Å². The monoisotopic (exact) mass is 290 g/mol. The van der Waals surface area contributed by atoms with E-state index < -0.39 is 0 Å². The van der Waals surface area contributed by atoms with E-state index >= 15 is 0 Å². The van der Waals surface area contributed by atoms with Crippen molar-refractivity contribution in [3.63, 3.8) is 0 Å². The Labute approximate surface area is 128 Å². The number of nitrogens with one attached hydrogen (secondary N) is 1. The predicted octanol–water partition coefficient (Wildman–Crippen LogP) is 2.80. The van der Waals surface area contributed by atoms with E-state index in [0.29, 0.717) is 12.3 Å². The van der Waals surface area contributed by atoms with Crippen LogP contribution in [0.4, 0.5) is 0 Å². The van der Waals surface area contributed by atoms with Gasteiger partial charge in [-0.2, -0.15) is 0 Å². The van der Waals surface area contributed by atoms with E-state index in [-0.39, 0.29) is 0 Å². The van der Waals surface area contributed by atoms with Crippen LogP contribution in [0.15, 0.2) is 0 Å². The molecule has 0 unspecified atom stereocenters. The van der Waals surface area contributed by atoms with Crippen molar-refractivity contribution < 1.29 is 4.79 Å². The number of amides is 1. The summed E-state index contributed by atoms with van der Waals surface area (Å²) in [6.07, 6.45) is 11.8. The van der Waals surface area contributed by atoms with Gasteiger partial charge in [0, 0.05) is 32.1 Å². The number of likely N-dealkylation sites (tertiary alicyclic amines) is 1. The molecule has 1 amide bonds. The molecule has 118 valence electrons. The van der Waals surface area contributed by atoms with Crippen LogP contribution in [-0.4, -0.2) is 36.5 Å². The van der Waals surface area contributed by atoms with Crippen molar-refractivity contribution in [1.29, 1.82) is 0 Å². The summed E-state index contributed by atoms with van der Waals surface area (Å²) in [5.74, 6) is 4.31. The van der Waals surface area contributed by atoms with Crippen LogP contribution in [0.2, 0.25) is 0 Å². The Morgan fingerprint density at radius 1 is 0.905 bits per heavy atom. The number of nitrogens with zero attached hydrogens (tertiary/aromatic N) is 1. The zero-order chi connectivity index (χ0) is 14.2. The second kappa shape index (κ2) is 5.91. The van der Waals surface area contributed by atoms with Crippen molar-refractivity contribution in [2.45, 2.75) is 63.8 Å². The molecule has 0 spiro atoms. The summed E-state index contributed by atoms with van der Waals surface area (Å²) in [4.78, 5) is 14.3. The lowest BCUT2D eigenvalue weighted by Gasteiger charge is -2.54. The molecule has 5 aliphatic rings. The highest BCUT2D eigenvalue weighted by molar-refractivity contribution is 5.76. The number of hydrogen-bond acceptors (Lipinski definition) is 2. The van der Waals surface area contributed by atoms with Crippen molar-refractivity contribution >= 4 is 5.91 Å². The highest BCUT2D eigenvalue weighted by Gasteiger charge is 2.47. The summed E-state index contributed by atoms with van der Waals surface area (Å²) in [6.45, 7) is 2.90. The molecule has 0 aromatic rings. The first kappa shape index (κ1) is 14.0. The maximum atomic E-state index is 12.2. The summed E-state index contributed by atoms with van der Waals surface area (Å²) in [6, 6.07) is 0.729. The van der Waals surface area contributed by atoms with Gasteiger partial charge < -0.3 is 10.2 Å². The molecule has 21 heavy (non-hydrogen) atoms. The van der Waals surface area contributed by atoms with Gasteiger partial charge in [0.1, 0.15) is 0 Å². The molecular formula is C18H30N2O. The molecule has 5 fully saturated rings.